The highest BCUT2D eigenvalue weighted by Gasteiger charge is 2.30. The van der Waals surface area contributed by atoms with Gasteiger partial charge in [0.2, 0.25) is 0 Å². The number of hydrogen-bond donors (Lipinski definition) is 1. The van der Waals surface area contributed by atoms with Gasteiger partial charge in [0.25, 0.3) is 0 Å². The van der Waals surface area contributed by atoms with Crippen molar-refractivity contribution < 1.29 is 13.2 Å². The van der Waals surface area contributed by atoms with E-state index in [1.165, 1.54) is 0 Å². The van der Waals surface area contributed by atoms with E-state index in [0.29, 0.717) is 12.5 Å². The number of benzene rings is 1. The molecule has 0 amide bonds. The van der Waals surface area contributed by atoms with Gasteiger partial charge in [-0.05, 0) is 36.7 Å². The first-order valence-electron chi connectivity index (χ1n) is 7.25. The molecule has 1 aromatic carbocycles. The van der Waals surface area contributed by atoms with Crippen LogP contribution in [0.15, 0.2) is 24.3 Å². The van der Waals surface area contributed by atoms with Gasteiger partial charge in [-0.1, -0.05) is 6.92 Å². The van der Waals surface area contributed by atoms with Crippen LogP contribution in [0.2, 0.25) is 0 Å². The molecule has 0 bridgehead atoms. The molecule has 6 heteroatoms. The molecule has 3 nitrogen and oxygen atoms in total. The van der Waals surface area contributed by atoms with Crippen LogP contribution < -0.4 is 10.6 Å². The minimum absolute atomic E-state index is 0.475. The summed E-state index contributed by atoms with van der Waals surface area (Å²) >= 11 is 0. The molecule has 1 aliphatic heterocycles. The van der Waals surface area contributed by atoms with Gasteiger partial charge in [0.05, 0.1) is 5.56 Å². The van der Waals surface area contributed by atoms with E-state index in [9.17, 15) is 13.2 Å². The molecule has 21 heavy (non-hydrogen) atoms. The number of piperazine rings is 1. The number of rotatable bonds is 4. The van der Waals surface area contributed by atoms with Crippen LogP contribution in [-0.4, -0.2) is 44.2 Å². The summed E-state index contributed by atoms with van der Waals surface area (Å²) in [5.74, 6) is 0.475. The minimum Gasteiger partial charge on any atom is -0.369 e. The maximum Gasteiger partial charge on any atom is 0.416 e. The third-order valence-corrected chi connectivity index (χ3v) is 3.90. The van der Waals surface area contributed by atoms with Gasteiger partial charge in [0.1, 0.15) is 0 Å². The molecular formula is C15H22F3N3. The van der Waals surface area contributed by atoms with Gasteiger partial charge < -0.3 is 10.6 Å². The molecule has 1 aromatic rings. The zero-order chi connectivity index (χ0) is 15.5. The summed E-state index contributed by atoms with van der Waals surface area (Å²) in [4.78, 5) is 4.49. The van der Waals surface area contributed by atoms with Crippen molar-refractivity contribution in [3.05, 3.63) is 29.8 Å². The fourth-order valence-electron chi connectivity index (χ4n) is 2.57. The Labute approximate surface area is 123 Å². The Morgan fingerprint density at radius 1 is 1.10 bits per heavy atom. The highest BCUT2D eigenvalue weighted by atomic mass is 19.4. The van der Waals surface area contributed by atoms with Crippen LogP contribution in [0.5, 0.6) is 0 Å². The molecule has 0 spiro atoms. The van der Waals surface area contributed by atoms with Crippen LogP contribution in [0.25, 0.3) is 0 Å². The van der Waals surface area contributed by atoms with Gasteiger partial charge in [-0.2, -0.15) is 13.2 Å². The van der Waals surface area contributed by atoms with Gasteiger partial charge in [-0.25, -0.2) is 0 Å². The lowest BCUT2D eigenvalue weighted by molar-refractivity contribution is -0.137. The second-order valence-corrected chi connectivity index (χ2v) is 5.67. The summed E-state index contributed by atoms with van der Waals surface area (Å²) in [7, 11) is 0. The molecular weight excluding hydrogens is 279 g/mol. The van der Waals surface area contributed by atoms with E-state index in [1.54, 1.807) is 12.1 Å². The first-order valence-corrected chi connectivity index (χ1v) is 7.25. The number of hydrogen-bond acceptors (Lipinski definition) is 3. The largest absolute Gasteiger partial charge is 0.416 e. The van der Waals surface area contributed by atoms with Gasteiger partial charge in [0, 0.05) is 38.4 Å². The lowest BCUT2D eigenvalue weighted by atomic mass is 10.1. The Bertz CT molecular complexity index is 436. The molecule has 1 unspecified atom stereocenters. The van der Waals surface area contributed by atoms with Crippen LogP contribution in [0.3, 0.4) is 0 Å². The number of nitrogens with two attached hydrogens (primary N) is 1. The molecule has 1 heterocycles. The Hall–Kier alpha value is -1.27. The van der Waals surface area contributed by atoms with Crippen molar-refractivity contribution in [3.8, 4) is 0 Å². The molecule has 0 saturated carbocycles. The first-order chi connectivity index (χ1) is 9.90. The quantitative estimate of drug-likeness (QED) is 0.927. The van der Waals surface area contributed by atoms with Crippen molar-refractivity contribution in [2.24, 2.45) is 11.7 Å². The molecule has 1 aliphatic rings. The molecule has 1 saturated heterocycles. The average molecular weight is 301 g/mol. The maximum absolute atomic E-state index is 12.5. The van der Waals surface area contributed by atoms with Crippen molar-refractivity contribution >= 4 is 5.69 Å². The Balaban J connectivity index is 1.90. The van der Waals surface area contributed by atoms with Crippen molar-refractivity contribution in [1.82, 2.24) is 4.90 Å². The fraction of sp³-hybridized carbons (Fsp3) is 0.600. The van der Waals surface area contributed by atoms with Crippen molar-refractivity contribution in [2.45, 2.75) is 13.1 Å². The topological polar surface area (TPSA) is 32.5 Å². The van der Waals surface area contributed by atoms with Crippen LogP contribution in [0, 0.1) is 5.92 Å². The fourth-order valence-corrected chi connectivity index (χ4v) is 2.57. The number of nitrogens with zero attached hydrogens (tertiary/aromatic N) is 2. The van der Waals surface area contributed by atoms with Crippen molar-refractivity contribution in [2.75, 3.05) is 44.2 Å². The van der Waals surface area contributed by atoms with Crippen molar-refractivity contribution in [3.63, 3.8) is 0 Å². The zero-order valence-corrected chi connectivity index (χ0v) is 12.2. The van der Waals surface area contributed by atoms with Crippen molar-refractivity contribution in [1.29, 1.82) is 0 Å². The summed E-state index contributed by atoms with van der Waals surface area (Å²) in [5.41, 5.74) is 5.89. The second kappa shape index (κ2) is 6.66. The minimum atomic E-state index is -4.27. The van der Waals surface area contributed by atoms with Crippen LogP contribution in [-0.2, 0) is 6.18 Å². The number of alkyl halides is 3. The molecule has 2 N–H and O–H groups in total. The van der Waals surface area contributed by atoms with Gasteiger partial charge >= 0.3 is 6.18 Å². The van der Waals surface area contributed by atoms with E-state index in [2.05, 4.69) is 16.7 Å². The lowest BCUT2D eigenvalue weighted by Crippen LogP contribution is -2.48. The standard InChI is InChI=1S/C15H22F3N3/c1-12(10-19)11-20-6-8-21(9-7-20)14-4-2-13(3-5-14)15(16,17)18/h2-5,12H,6-11,19H2,1H3. The smallest absolute Gasteiger partial charge is 0.369 e. The van der Waals surface area contributed by atoms with E-state index in [-0.39, 0.29) is 0 Å². The zero-order valence-electron chi connectivity index (χ0n) is 12.2. The SMILES string of the molecule is CC(CN)CN1CCN(c2ccc(C(F)(F)F)cc2)CC1. The third-order valence-electron chi connectivity index (χ3n) is 3.90. The second-order valence-electron chi connectivity index (χ2n) is 5.67. The van der Waals surface area contributed by atoms with Gasteiger partial charge in [-0.3, -0.25) is 4.90 Å². The Morgan fingerprint density at radius 3 is 2.14 bits per heavy atom. The summed E-state index contributed by atoms with van der Waals surface area (Å²) in [6.07, 6.45) is -4.27. The van der Waals surface area contributed by atoms with Crippen LogP contribution in [0.1, 0.15) is 12.5 Å². The van der Waals surface area contributed by atoms with E-state index in [0.717, 1.165) is 50.5 Å². The first kappa shape index (κ1) is 16.1. The molecule has 118 valence electrons. The van der Waals surface area contributed by atoms with E-state index >= 15 is 0 Å². The molecule has 0 radical (unpaired) electrons. The molecule has 2 rings (SSSR count). The molecule has 1 fully saturated rings. The summed E-state index contributed by atoms with van der Waals surface area (Å²) < 4.78 is 37.6. The predicted octanol–water partition coefficient (Wildman–Crippen LogP) is 2.42. The maximum atomic E-state index is 12.5. The molecule has 0 aromatic heterocycles. The van der Waals surface area contributed by atoms with Gasteiger partial charge in [0.15, 0.2) is 0 Å². The third kappa shape index (κ3) is 4.35. The molecule has 1 atom stereocenters. The Morgan fingerprint density at radius 2 is 1.67 bits per heavy atom. The van der Waals surface area contributed by atoms with Crippen LogP contribution in [0.4, 0.5) is 18.9 Å². The Kier molecular flexibility index (Phi) is 5.11. The molecule has 0 aliphatic carbocycles. The highest BCUT2D eigenvalue weighted by molar-refractivity contribution is 5.48. The van der Waals surface area contributed by atoms with Gasteiger partial charge in [-0.15, -0.1) is 0 Å². The number of anilines is 1. The van der Waals surface area contributed by atoms with E-state index in [1.807, 2.05) is 0 Å². The summed E-state index contributed by atoms with van der Waals surface area (Å²) in [6, 6.07) is 5.42. The normalized spacial score (nSPS) is 18.8. The van der Waals surface area contributed by atoms with E-state index in [4.69, 9.17) is 5.73 Å². The number of halogens is 3. The monoisotopic (exact) mass is 301 g/mol. The lowest BCUT2D eigenvalue weighted by Gasteiger charge is -2.37. The van der Waals surface area contributed by atoms with Crippen LogP contribution >= 0.6 is 0 Å². The predicted molar refractivity (Wildman–Crippen MR) is 78.3 cm³/mol. The summed E-state index contributed by atoms with van der Waals surface area (Å²) in [5, 5.41) is 0. The average Bonchev–Trinajstić information content (AvgIpc) is 2.47. The van der Waals surface area contributed by atoms with E-state index < -0.39 is 11.7 Å². The highest BCUT2D eigenvalue weighted by Crippen LogP contribution is 2.30. The summed E-state index contributed by atoms with van der Waals surface area (Å²) in [6.45, 7) is 7.31.